The minimum Gasteiger partial charge on any atom is -0.369 e. The Labute approximate surface area is 118 Å². The van der Waals surface area contributed by atoms with Crippen molar-refractivity contribution in [2.24, 2.45) is 11.7 Å². The maximum Gasteiger partial charge on any atom is 0.434 e. The van der Waals surface area contributed by atoms with Crippen LogP contribution in [0.5, 0.6) is 0 Å². The highest BCUT2D eigenvalue weighted by molar-refractivity contribution is 7.09. The minimum atomic E-state index is -4.41. The van der Waals surface area contributed by atoms with E-state index in [0.717, 1.165) is 42.4 Å². The van der Waals surface area contributed by atoms with Crippen molar-refractivity contribution < 1.29 is 18.0 Å². The number of amides is 1. The van der Waals surface area contributed by atoms with Gasteiger partial charge in [-0.2, -0.15) is 13.2 Å². The van der Waals surface area contributed by atoms with Gasteiger partial charge in [-0.25, -0.2) is 4.98 Å². The first-order chi connectivity index (χ1) is 9.38. The molecule has 1 aromatic heterocycles. The summed E-state index contributed by atoms with van der Waals surface area (Å²) in [5.41, 5.74) is 4.48. The summed E-state index contributed by atoms with van der Waals surface area (Å²) in [5.74, 6) is -0.594. The van der Waals surface area contributed by atoms with E-state index in [4.69, 9.17) is 5.73 Å². The van der Waals surface area contributed by atoms with Gasteiger partial charge < -0.3 is 11.1 Å². The second kappa shape index (κ2) is 6.09. The van der Waals surface area contributed by atoms with Crippen LogP contribution >= 0.6 is 11.3 Å². The Bertz CT molecular complexity index is 475. The average molecular weight is 307 g/mol. The fourth-order valence-corrected chi connectivity index (χ4v) is 3.21. The number of alkyl halides is 3. The van der Waals surface area contributed by atoms with Crippen molar-refractivity contribution >= 4 is 17.2 Å². The van der Waals surface area contributed by atoms with Gasteiger partial charge in [-0.15, -0.1) is 11.3 Å². The Balaban J connectivity index is 1.94. The van der Waals surface area contributed by atoms with Crippen molar-refractivity contribution in [3.8, 4) is 0 Å². The lowest BCUT2D eigenvalue weighted by atomic mass is 9.84. The third-order valence-corrected chi connectivity index (χ3v) is 4.34. The largest absolute Gasteiger partial charge is 0.434 e. The average Bonchev–Trinajstić information content (AvgIpc) is 2.85. The van der Waals surface area contributed by atoms with E-state index >= 15 is 0 Å². The number of halogens is 3. The zero-order chi connectivity index (χ0) is 14.8. The van der Waals surface area contributed by atoms with Crippen LogP contribution in [0.2, 0.25) is 0 Å². The molecule has 0 bridgehead atoms. The first-order valence-corrected chi connectivity index (χ1v) is 7.30. The molecule has 20 heavy (non-hydrogen) atoms. The summed E-state index contributed by atoms with van der Waals surface area (Å²) < 4.78 is 37.3. The van der Waals surface area contributed by atoms with E-state index in [9.17, 15) is 18.0 Å². The number of thiazole rings is 1. The molecule has 2 atom stereocenters. The van der Waals surface area contributed by atoms with Crippen molar-refractivity contribution in [1.29, 1.82) is 0 Å². The molecule has 1 heterocycles. The van der Waals surface area contributed by atoms with Crippen LogP contribution in [-0.2, 0) is 17.5 Å². The Hall–Kier alpha value is -1.15. The van der Waals surface area contributed by atoms with Gasteiger partial charge in [0, 0.05) is 18.0 Å². The lowest BCUT2D eigenvalue weighted by Crippen LogP contribution is -2.44. The number of nitrogens with one attached hydrogen (secondary N) is 1. The quantitative estimate of drug-likeness (QED) is 0.897. The van der Waals surface area contributed by atoms with Gasteiger partial charge in [-0.05, 0) is 12.8 Å². The van der Waals surface area contributed by atoms with Crippen LogP contribution in [0.1, 0.15) is 36.4 Å². The molecule has 0 aromatic carbocycles. The van der Waals surface area contributed by atoms with Crippen LogP contribution in [0.3, 0.4) is 0 Å². The zero-order valence-electron chi connectivity index (χ0n) is 10.7. The SMILES string of the molecule is NC(=O)[C@@H]1CCCC[C@H]1NCc1nc(C(F)(F)F)cs1. The van der Waals surface area contributed by atoms with Crippen LogP contribution < -0.4 is 11.1 Å². The summed E-state index contributed by atoms with van der Waals surface area (Å²) in [6, 6.07) is -0.0699. The molecule has 0 saturated heterocycles. The molecule has 3 N–H and O–H groups in total. The number of primary amides is 1. The molecule has 1 amide bonds. The summed E-state index contributed by atoms with van der Waals surface area (Å²) in [5, 5.41) is 4.48. The predicted molar refractivity (Wildman–Crippen MR) is 68.9 cm³/mol. The van der Waals surface area contributed by atoms with Crippen LogP contribution in [-0.4, -0.2) is 16.9 Å². The number of carbonyl (C=O) groups is 1. The monoisotopic (exact) mass is 307 g/mol. The Morgan fingerprint density at radius 3 is 2.75 bits per heavy atom. The lowest BCUT2D eigenvalue weighted by molar-refractivity contribution is -0.140. The van der Waals surface area contributed by atoms with E-state index in [1.54, 1.807) is 0 Å². The summed E-state index contributed by atoms with van der Waals surface area (Å²) in [7, 11) is 0. The van der Waals surface area contributed by atoms with Crippen molar-refractivity contribution in [3.05, 3.63) is 16.1 Å². The van der Waals surface area contributed by atoms with Gasteiger partial charge in [0.15, 0.2) is 5.69 Å². The van der Waals surface area contributed by atoms with E-state index in [0.29, 0.717) is 5.01 Å². The third-order valence-electron chi connectivity index (χ3n) is 3.49. The Morgan fingerprint density at radius 2 is 2.15 bits per heavy atom. The topological polar surface area (TPSA) is 68.0 Å². The predicted octanol–water partition coefficient (Wildman–Crippen LogP) is 2.30. The number of hydrogen-bond acceptors (Lipinski definition) is 4. The van der Waals surface area contributed by atoms with Crippen LogP contribution in [0, 0.1) is 5.92 Å². The highest BCUT2D eigenvalue weighted by Gasteiger charge is 2.34. The molecular formula is C12H16F3N3OS. The van der Waals surface area contributed by atoms with Gasteiger partial charge in [0.25, 0.3) is 0 Å². The van der Waals surface area contributed by atoms with Gasteiger partial charge in [0.2, 0.25) is 5.91 Å². The maximum absolute atomic E-state index is 12.4. The molecule has 1 aliphatic rings. The molecule has 2 rings (SSSR count). The summed E-state index contributed by atoms with van der Waals surface area (Å²) in [6.45, 7) is 0.231. The minimum absolute atomic E-state index is 0.0699. The van der Waals surface area contributed by atoms with E-state index in [1.165, 1.54) is 0 Å². The van der Waals surface area contributed by atoms with Crippen LogP contribution in [0.4, 0.5) is 13.2 Å². The lowest BCUT2D eigenvalue weighted by Gasteiger charge is -2.29. The molecule has 0 radical (unpaired) electrons. The van der Waals surface area contributed by atoms with Gasteiger partial charge in [0.1, 0.15) is 5.01 Å². The molecule has 1 saturated carbocycles. The summed E-state index contributed by atoms with van der Waals surface area (Å²) in [4.78, 5) is 14.9. The standard InChI is InChI=1S/C12H16F3N3OS/c13-12(14,15)9-6-20-10(18-9)5-17-8-4-2-1-3-7(8)11(16)19/h6-8,17H,1-5H2,(H2,16,19)/t7-,8-/m1/s1. The highest BCUT2D eigenvalue weighted by atomic mass is 32.1. The second-order valence-corrected chi connectivity index (χ2v) is 5.85. The molecule has 1 fully saturated rings. The molecule has 8 heteroatoms. The molecular weight excluding hydrogens is 291 g/mol. The zero-order valence-corrected chi connectivity index (χ0v) is 11.6. The van der Waals surface area contributed by atoms with E-state index in [-0.39, 0.29) is 24.4 Å². The van der Waals surface area contributed by atoms with Crippen LogP contribution in [0.25, 0.3) is 0 Å². The normalized spacial score (nSPS) is 23.8. The van der Waals surface area contributed by atoms with Crippen LogP contribution in [0.15, 0.2) is 5.38 Å². The molecule has 0 unspecified atom stereocenters. The molecule has 112 valence electrons. The molecule has 4 nitrogen and oxygen atoms in total. The fraction of sp³-hybridized carbons (Fsp3) is 0.667. The van der Waals surface area contributed by atoms with E-state index < -0.39 is 11.9 Å². The number of hydrogen-bond donors (Lipinski definition) is 2. The van der Waals surface area contributed by atoms with Crippen molar-refractivity contribution in [1.82, 2.24) is 10.3 Å². The fourth-order valence-electron chi connectivity index (χ4n) is 2.46. The smallest absolute Gasteiger partial charge is 0.369 e. The molecule has 0 spiro atoms. The van der Waals surface area contributed by atoms with Gasteiger partial charge >= 0.3 is 6.18 Å². The Kier molecular flexibility index (Phi) is 4.64. The molecule has 1 aromatic rings. The number of carbonyl (C=O) groups excluding carboxylic acids is 1. The first kappa shape index (κ1) is 15.2. The van der Waals surface area contributed by atoms with Crippen molar-refractivity contribution in [3.63, 3.8) is 0 Å². The number of nitrogens with zero attached hydrogens (tertiary/aromatic N) is 1. The third kappa shape index (κ3) is 3.69. The van der Waals surface area contributed by atoms with Crippen molar-refractivity contribution in [2.45, 2.75) is 44.4 Å². The molecule has 1 aliphatic carbocycles. The number of rotatable bonds is 4. The highest BCUT2D eigenvalue weighted by Crippen LogP contribution is 2.30. The van der Waals surface area contributed by atoms with Gasteiger partial charge in [-0.3, -0.25) is 4.79 Å². The molecule has 0 aliphatic heterocycles. The summed E-state index contributed by atoms with van der Waals surface area (Å²) in [6.07, 6.45) is -0.909. The van der Waals surface area contributed by atoms with Gasteiger partial charge in [0.05, 0.1) is 5.92 Å². The number of aromatic nitrogens is 1. The maximum atomic E-state index is 12.4. The van der Waals surface area contributed by atoms with Gasteiger partial charge in [-0.1, -0.05) is 12.8 Å². The van der Waals surface area contributed by atoms with Crippen molar-refractivity contribution in [2.75, 3.05) is 0 Å². The Morgan fingerprint density at radius 1 is 1.45 bits per heavy atom. The van der Waals surface area contributed by atoms with E-state index in [2.05, 4.69) is 10.3 Å². The summed E-state index contributed by atoms with van der Waals surface area (Å²) >= 11 is 0.965. The van der Waals surface area contributed by atoms with E-state index in [1.807, 2.05) is 0 Å². The first-order valence-electron chi connectivity index (χ1n) is 6.42. The number of nitrogens with two attached hydrogens (primary N) is 1. The second-order valence-electron chi connectivity index (χ2n) is 4.90.